The molecule has 0 aliphatic carbocycles. The molecular weight excluding hydrogens is 342 g/mol. The summed E-state index contributed by atoms with van der Waals surface area (Å²) in [6.45, 7) is 2.83. The average molecular weight is 362 g/mol. The van der Waals surface area contributed by atoms with Gasteiger partial charge in [0.2, 0.25) is 5.95 Å². The Labute approximate surface area is 151 Å². The van der Waals surface area contributed by atoms with Gasteiger partial charge in [0.15, 0.2) is 5.82 Å². The predicted molar refractivity (Wildman–Crippen MR) is 98.8 cm³/mol. The fraction of sp³-hybridized carbons (Fsp3) is 0.353. The molecule has 25 heavy (non-hydrogen) atoms. The van der Waals surface area contributed by atoms with Crippen LogP contribution in [0.2, 0.25) is 5.02 Å². The molecule has 0 radical (unpaired) electrons. The molecule has 0 saturated carbocycles. The SMILES string of the molecule is CN(C)c1nc(N2CCOCC2)ncc1NC(=O)c1ccc(Cl)cc1. The second-order valence-corrected chi connectivity index (χ2v) is 6.30. The van der Waals surface area contributed by atoms with Gasteiger partial charge in [0.25, 0.3) is 5.91 Å². The van der Waals surface area contributed by atoms with E-state index < -0.39 is 0 Å². The lowest BCUT2D eigenvalue weighted by Gasteiger charge is -2.28. The first-order chi connectivity index (χ1) is 12.0. The minimum absolute atomic E-state index is 0.234. The van der Waals surface area contributed by atoms with Crippen LogP contribution in [0.15, 0.2) is 30.5 Å². The van der Waals surface area contributed by atoms with Gasteiger partial charge in [0.05, 0.1) is 19.4 Å². The zero-order chi connectivity index (χ0) is 17.8. The summed E-state index contributed by atoms with van der Waals surface area (Å²) in [5, 5.41) is 3.45. The van der Waals surface area contributed by atoms with Crippen LogP contribution in [0, 0.1) is 0 Å². The second-order valence-electron chi connectivity index (χ2n) is 5.86. The Morgan fingerprint density at radius 2 is 1.92 bits per heavy atom. The van der Waals surface area contributed by atoms with E-state index in [0.717, 1.165) is 13.1 Å². The molecule has 1 aliphatic rings. The fourth-order valence-corrected chi connectivity index (χ4v) is 2.63. The zero-order valence-corrected chi connectivity index (χ0v) is 15.0. The van der Waals surface area contributed by atoms with Crippen molar-refractivity contribution >= 4 is 35.0 Å². The number of carbonyl (C=O) groups excluding carboxylic acids is 1. The highest BCUT2D eigenvalue weighted by Crippen LogP contribution is 2.24. The maximum Gasteiger partial charge on any atom is 0.255 e. The maximum atomic E-state index is 12.4. The molecule has 1 saturated heterocycles. The molecule has 8 heteroatoms. The molecule has 1 aromatic carbocycles. The molecule has 0 bridgehead atoms. The Balaban J connectivity index is 1.82. The minimum atomic E-state index is -0.234. The van der Waals surface area contributed by atoms with Crippen molar-refractivity contribution in [2.24, 2.45) is 0 Å². The van der Waals surface area contributed by atoms with Crippen LogP contribution < -0.4 is 15.1 Å². The molecule has 132 valence electrons. The van der Waals surface area contributed by atoms with E-state index >= 15 is 0 Å². The third-order valence-electron chi connectivity index (χ3n) is 3.83. The van der Waals surface area contributed by atoms with Crippen molar-refractivity contribution in [2.45, 2.75) is 0 Å². The van der Waals surface area contributed by atoms with Crippen LogP contribution in [-0.2, 0) is 4.74 Å². The van der Waals surface area contributed by atoms with E-state index in [0.29, 0.717) is 41.3 Å². The molecule has 0 spiro atoms. The van der Waals surface area contributed by atoms with E-state index in [1.165, 1.54) is 0 Å². The number of hydrogen-bond donors (Lipinski definition) is 1. The van der Waals surface area contributed by atoms with E-state index in [-0.39, 0.29) is 5.91 Å². The number of ether oxygens (including phenoxy) is 1. The lowest BCUT2D eigenvalue weighted by Crippen LogP contribution is -2.37. The van der Waals surface area contributed by atoms with Crippen molar-refractivity contribution in [1.82, 2.24) is 9.97 Å². The zero-order valence-electron chi connectivity index (χ0n) is 14.2. The number of carbonyl (C=O) groups is 1. The summed E-state index contributed by atoms with van der Waals surface area (Å²) in [6.07, 6.45) is 1.64. The van der Waals surface area contributed by atoms with Crippen LogP contribution in [0.5, 0.6) is 0 Å². The number of halogens is 1. The molecule has 0 atom stereocenters. The lowest BCUT2D eigenvalue weighted by molar-refractivity contribution is 0.102. The summed E-state index contributed by atoms with van der Waals surface area (Å²) in [6, 6.07) is 6.72. The highest BCUT2D eigenvalue weighted by molar-refractivity contribution is 6.30. The number of morpholine rings is 1. The average Bonchev–Trinajstić information content (AvgIpc) is 2.63. The standard InChI is InChI=1S/C17H20ClN5O2/c1-22(2)15-14(20-16(24)12-3-5-13(18)6-4-12)11-19-17(21-15)23-7-9-25-10-8-23/h3-6,11H,7-10H2,1-2H3,(H,20,24). The third-order valence-corrected chi connectivity index (χ3v) is 4.08. The number of aromatic nitrogens is 2. The number of hydrogen-bond acceptors (Lipinski definition) is 6. The number of benzene rings is 1. The Kier molecular flexibility index (Phi) is 5.35. The Morgan fingerprint density at radius 3 is 2.56 bits per heavy atom. The third kappa shape index (κ3) is 4.18. The van der Waals surface area contributed by atoms with Gasteiger partial charge in [0, 0.05) is 37.8 Å². The second kappa shape index (κ2) is 7.67. The fourth-order valence-electron chi connectivity index (χ4n) is 2.50. The highest BCUT2D eigenvalue weighted by Gasteiger charge is 2.18. The number of rotatable bonds is 4. The first-order valence-corrected chi connectivity index (χ1v) is 8.36. The summed E-state index contributed by atoms with van der Waals surface area (Å²) in [5.41, 5.74) is 1.08. The largest absolute Gasteiger partial charge is 0.378 e. The van der Waals surface area contributed by atoms with Crippen molar-refractivity contribution in [3.63, 3.8) is 0 Å². The van der Waals surface area contributed by atoms with Crippen molar-refractivity contribution in [2.75, 3.05) is 55.5 Å². The molecule has 1 fully saturated rings. The van der Waals surface area contributed by atoms with Gasteiger partial charge >= 0.3 is 0 Å². The van der Waals surface area contributed by atoms with Crippen molar-refractivity contribution < 1.29 is 9.53 Å². The predicted octanol–water partition coefficient (Wildman–Crippen LogP) is 2.28. The molecule has 1 aliphatic heterocycles. The topological polar surface area (TPSA) is 70.6 Å². The normalized spacial score (nSPS) is 14.3. The van der Waals surface area contributed by atoms with E-state index in [4.69, 9.17) is 16.3 Å². The quantitative estimate of drug-likeness (QED) is 0.901. The first-order valence-electron chi connectivity index (χ1n) is 7.98. The van der Waals surface area contributed by atoms with E-state index in [2.05, 4.69) is 20.2 Å². The Hall–Kier alpha value is -2.38. The lowest BCUT2D eigenvalue weighted by atomic mass is 10.2. The molecule has 0 unspecified atom stereocenters. The highest BCUT2D eigenvalue weighted by atomic mass is 35.5. The summed E-state index contributed by atoms with van der Waals surface area (Å²) >= 11 is 5.86. The van der Waals surface area contributed by atoms with Gasteiger partial charge in [-0.15, -0.1) is 0 Å². The Bertz CT molecular complexity index is 745. The molecule has 1 aromatic heterocycles. The smallest absolute Gasteiger partial charge is 0.255 e. The van der Waals surface area contributed by atoms with Crippen LogP contribution in [-0.4, -0.2) is 56.3 Å². The van der Waals surface area contributed by atoms with Crippen LogP contribution in [0.3, 0.4) is 0 Å². The summed E-state index contributed by atoms with van der Waals surface area (Å²) in [7, 11) is 3.76. The van der Waals surface area contributed by atoms with Crippen molar-refractivity contribution in [3.8, 4) is 0 Å². The minimum Gasteiger partial charge on any atom is -0.378 e. The van der Waals surface area contributed by atoms with Crippen LogP contribution in [0.4, 0.5) is 17.5 Å². The molecule has 7 nitrogen and oxygen atoms in total. The van der Waals surface area contributed by atoms with Gasteiger partial charge in [0.1, 0.15) is 5.69 Å². The van der Waals surface area contributed by atoms with Crippen LogP contribution >= 0.6 is 11.6 Å². The van der Waals surface area contributed by atoms with Gasteiger partial charge in [-0.1, -0.05) is 11.6 Å². The van der Waals surface area contributed by atoms with Gasteiger partial charge in [-0.2, -0.15) is 4.98 Å². The Morgan fingerprint density at radius 1 is 1.24 bits per heavy atom. The van der Waals surface area contributed by atoms with Crippen LogP contribution in [0.25, 0.3) is 0 Å². The monoisotopic (exact) mass is 361 g/mol. The summed E-state index contributed by atoms with van der Waals surface area (Å²) in [5.74, 6) is 1.05. The molecule has 2 heterocycles. The van der Waals surface area contributed by atoms with Crippen molar-refractivity contribution in [3.05, 3.63) is 41.0 Å². The molecule has 1 amide bonds. The number of nitrogens with one attached hydrogen (secondary N) is 1. The maximum absolute atomic E-state index is 12.4. The van der Waals surface area contributed by atoms with Crippen molar-refractivity contribution in [1.29, 1.82) is 0 Å². The first kappa shape index (κ1) is 17.4. The van der Waals surface area contributed by atoms with E-state index in [9.17, 15) is 4.79 Å². The van der Waals surface area contributed by atoms with E-state index in [1.807, 2.05) is 19.0 Å². The summed E-state index contributed by atoms with van der Waals surface area (Å²) < 4.78 is 5.36. The van der Waals surface area contributed by atoms with Gasteiger partial charge < -0.3 is 19.9 Å². The number of nitrogens with zero attached hydrogens (tertiary/aromatic N) is 4. The molecule has 3 rings (SSSR count). The number of amides is 1. The van der Waals surface area contributed by atoms with Crippen LogP contribution in [0.1, 0.15) is 10.4 Å². The summed E-state index contributed by atoms with van der Waals surface area (Å²) in [4.78, 5) is 25.4. The molecule has 1 N–H and O–H groups in total. The number of anilines is 3. The van der Waals surface area contributed by atoms with Gasteiger partial charge in [-0.05, 0) is 24.3 Å². The van der Waals surface area contributed by atoms with Gasteiger partial charge in [-0.25, -0.2) is 4.98 Å². The van der Waals surface area contributed by atoms with Gasteiger partial charge in [-0.3, -0.25) is 4.79 Å². The molecule has 2 aromatic rings. The van der Waals surface area contributed by atoms with E-state index in [1.54, 1.807) is 30.5 Å². The molecular formula is C17H20ClN5O2.